The molecule has 0 radical (unpaired) electrons. The number of rotatable bonds is 13. The van der Waals surface area contributed by atoms with E-state index < -0.39 is 94.6 Å². The Bertz CT molecular complexity index is 2130. The highest BCUT2D eigenvalue weighted by Crippen LogP contribution is 2.50. The highest BCUT2D eigenvalue weighted by Gasteiger charge is 2.53. The molecule has 0 aliphatic carbocycles. The number of alkyl halides is 3. The molecule has 6 rings (SSSR count). The van der Waals surface area contributed by atoms with E-state index in [-0.39, 0.29) is 25.9 Å². The predicted molar refractivity (Wildman–Crippen MR) is 225 cm³/mol. The minimum Gasteiger partial charge on any atom is -0.465 e. The number of halogens is 3. The van der Waals surface area contributed by atoms with Crippen molar-refractivity contribution in [2.45, 2.75) is 108 Å². The Labute approximate surface area is 362 Å². The van der Waals surface area contributed by atoms with Crippen LogP contribution in [0.4, 0.5) is 28.4 Å². The second-order valence-corrected chi connectivity index (χ2v) is 17.3. The van der Waals surface area contributed by atoms with Crippen LogP contribution in [0.1, 0.15) is 106 Å². The van der Waals surface area contributed by atoms with Crippen molar-refractivity contribution in [3.05, 3.63) is 101 Å². The van der Waals surface area contributed by atoms with Gasteiger partial charge in [-0.3, -0.25) is 19.2 Å². The molecule has 8 N–H and O–H groups in total. The Balaban J connectivity index is 1.44. The molecule has 3 aliphatic rings. The molecule has 3 heterocycles. The van der Waals surface area contributed by atoms with Gasteiger partial charge in [-0.25, -0.2) is 9.59 Å². The number of benzene rings is 3. The average molecular weight is 878 g/mol. The van der Waals surface area contributed by atoms with Crippen LogP contribution < -0.4 is 27.0 Å². The van der Waals surface area contributed by atoms with E-state index >= 15 is 0 Å². The number of nitrogens with one attached hydrogen (secondary N) is 2. The molecular formula is C45H54F3N7O8. The molecule has 0 saturated carbocycles. The lowest BCUT2D eigenvalue weighted by atomic mass is 9.83. The molecule has 6 atom stereocenters. The Hall–Kier alpha value is -6.33. The third-order valence-corrected chi connectivity index (χ3v) is 12.9. The Morgan fingerprint density at radius 2 is 1.06 bits per heavy atom. The number of carbonyl (C=O) groups is 6. The summed E-state index contributed by atoms with van der Waals surface area (Å²) in [6, 6.07) is 15.4. The lowest BCUT2D eigenvalue weighted by Crippen LogP contribution is -2.59. The summed E-state index contributed by atoms with van der Waals surface area (Å²) in [6.07, 6.45) is -5.32. The van der Waals surface area contributed by atoms with Gasteiger partial charge in [-0.1, -0.05) is 76.2 Å². The molecule has 18 heteroatoms. The number of carboxylic acid groups (broad SMARTS) is 2. The second kappa shape index (κ2) is 17.8. The molecule has 0 bridgehead atoms. The third kappa shape index (κ3) is 8.58. The number of nitrogens with zero attached hydrogens (tertiary/aromatic N) is 3. The number of hydrogen-bond acceptors (Lipinski definition) is 7. The highest BCUT2D eigenvalue weighted by atomic mass is 19.4. The fourth-order valence-electron chi connectivity index (χ4n) is 9.91. The quantitative estimate of drug-likeness (QED) is 0.119. The van der Waals surface area contributed by atoms with Gasteiger partial charge in [0.1, 0.15) is 23.2 Å². The summed E-state index contributed by atoms with van der Waals surface area (Å²) in [5, 5.41) is 23.6. The summed E-state index contributed by atoms with van der Waals surface area (Å²) >= 11 is 0. The van der Waals surface area contributed by atoms with E-state index in [1.807, 2.05) is 17.0 Å². The molecule has 3 aromatic carbocycles. The maximum Gasteiger partial charge on any atom is 0.416 e. The fourth-order valence-corrected chi connectivity index (χ4v) is 9.91. The molecule has 0 aromatic heterocycles. The average Bonchev–Trinajstić information content (AvgIpc) is 4.00. The maximum atomic E-state index is 14.1. The Morgan fingerprint density at radius 1 is 0.667 bits per heavy atom. The molecule has 15 nitrogen and oxygen atoms in total. The van der Waals surface area contributed by atoms with Gasteiger partial charge in [-0.2, -0.15) is 13.2 Å². The topological polar surface area (TPSA) is 229 Å². The molecule has 0 spiro atoms. The Morgan fingerprint density at radius 3 is 1.40 bits per heavy atom. The van der Waals surface area contributed by atoms with Gasteiger partial charge in [0.2, 0.25) is 23.6 Å². The largest absolute Gasteiger partial charge is 0.465 e. The molecule has 6 amide bonds. The van der Waals surface area contributed by atoms with Crippen LogP contribution >= 0.6 is 0 Å². The number of anilines is 1. The van der Waals surface area contributed by atoms with E-state index in [1.54, 1.807) is 64.1 Å². The summed E-state index contributed by atoms with van der Waals surface area (Å²) in [6.45, 7) is 7.01. The molecule has 3 saturated heterocycles. The Kier molecular flexibility index (Phi) is 13.1. The van der Waals surface area contributed by atoms with Gasteiger partial charge in [0.25, 0.3) is 0 Å². The van der Waals surface area contributed by atoms with E-state index in [0.29, 0.717) is 53.6 Å². The summed E-state index contributed by atoms with van der Waals surface area (Å²) < 4.78 is 41.5. The molecular weight excluding hydrogens is 824 g/mol. The maximum absolute atomic E-state index is 14.1. The predicted octanol–water partition coefficient (Wildman–Crippen LogP) is 5.98. The van der Waals surface area contributed by atoms with Crippen LogP contribution in [-0.4, -0.2) is 81.0 Å². The van der Waals surface area contributed by atoms with E-state index in [1.165, 1.54) is 21.9 Å². The van der Waals surface area contributed by atoms with Gasteiger partial charge >= 0.3 is 18.4 Å². The first-order chi connectivity index (χ1) is 29.6. The second-order valence-electron chi connectivity index (χ2n) is 17.3. The summed E-state index contributed by atoms with van der Waals surface area (Å²) in [5.41, 5.74) is 10.8. The van der Waals surface area contributed by atoms with Gasteiger partial charge in [-0.05, 0) is 96.9 Å². The van der Waals surface area contributed by atoms with Crippen molar-refractivity contribution in [3.8, 4) is 0 Å². The monoisotopic (exact) mass is 877 g/mol. The number of nitrogens with two attached hydrogens (primary N) is 2. The van der Waals surface area contributed by atoms with E-state index in [2.05, 4.69) is 10.6 Å². The smallest absolute Gasteiger partial charge is 0.416 e. The zero-order valence-corrected chi connectivity index (χ0v) is 35.5. The number of likely N-dealkylation sites (tertiary alicyclic amines) is 2. The van der Waals surface area contributed by atoms with Gasteiger partial charge in [0, 0.05) is 18.8 Å². The van der Waals surface area contributed by atoms with E-state index in [9.17, 15) is 52.2 Å². The normalized spacial score (nSPS) is 23.5. The molecule has 3 aromatic rings. The van der Waals surface area contributed by atoms with Gasteiger partial charge < -0.3 is 47.0 Å². The zero-order chi connectivity index (χ0) is 46.2. The lowest BCUT2D eigenvalue weighted by molar-refractivity contribution is -0.146. The minimum atomic E-state index is -4.60. The lowest BCUT2D eigenvalue weighted by Gasteiger charge is -2.40. The van der Waals surface area contributed by atoms with Crippen LogP contribution in [0.2, 0.25) is 0 Å². The van der Waals surface area contributed by atoms with Crippen LogP contribution in [-0.2, 0) is 36.4 Å². The minimum absolute atomic E-state index is 0.139. The van der Waals surface area contributed by atoms with Crippen molar-refractivity contribution in [2.24, 2.45) is 23.3 Å². The zero-order valence-electron chi connectivity index (χ0n) is 35.5. The van der Waals surface area contributed by atoms with Crippen LogP contribution in [0, 0.1) is 11.8 Å². The van der Waals surface area contributed by atoms with Crippen molar-refractivity contribution in [3.63, 3.8) is 0 Å². The first-order valence-corrected chi connectivity index (χ1v) is 21.0. The summed E-state index contributed by atoms with van der Waals surface area (Å²) in [5.74, 6) is -3.72. The summed E-state index contributed by atoms with van der Waals surface area (Å²) in [4.78, 5) is 83.4. The third-order valence-electron chi connectivity index (χ3n) is 12.9. The number of amides is 6. The first-order valence-electron chi connectivity index (χ1n) is 21.0. The molecule has 338 valence electrons. The molecule has 63 heavy (non-hydrogen) atoms. The SMILES string of the molecule is CC(C)[C@H](NC(=O)O)C(=O)N1CCC[C@@]1(C(N)=O)c1cccc([C@H]2CC[C@H](c3cccc([C@]4(C(N)=O)CCCN4C(=O)[C@@H](NC(=O)O)C(C)C)c3)N2c2ccc(C(F)(F)F)cc2)c1. The van der Waals surface area contributed by atoms with Crippen molar-refractivity contribution in [1.29, 1.82) is 0 Å². The van der Waals surface area contributed by atoms with Gasteiger partial charge in [0.15, 0.2) is 0 Å². The van der Waals surface area contributed by atoms with Crippen molar-refractivity contribution in [2.75, 3.05) is 18.0 Å². The standard InChI is InChI=1S/C45H54F3N7O8/c1-25(2)35(51-41(60)61)37(56)53-21-7-19-43(53,39(49)58)30-11-5-9-27(23-30)33-17-18-34(55(33)32-15-13-29(14-16-32)45(46,47)48)28-10-6-12-31(24-28)44(40(50)59)20-8-22-54(44)38(57)36(26(3)4)52-42(62)63/h5-6,9-16,23-26,33-36,51-52H,7-8,17-22H2,1-4H3,(H2,49,58)(H2,50,59)(H,60,61)(H,62,63)/t33-,34-,35+,36+,43+,44+/m1/s1. The van der Waals surface area contributed by atoms with Gasteiger partial charge in [-0.15, -0.1) is 0 Å². The van der Waals surface area contributed by atoms with E-state index in [4.69, 9.17) is 11.5 Å². The summed E-state index contributed by atoms with van der Waals surface area (Å²) in [7, 11) is 0. The number of primary amides is 2. The van der Waals surface area contributed by atoms with Crippen LogP contribution in [0.3, 0.4) is 0 Å². The fraction of sp³-hybridized carbons (Fsp3) is 0.467. The van der Waals surface area contributed by atoms with Crippen LogP contribution in [0.15, 0.2) is 72.8 Å². The molecule has 3 fully saturated rings. The first kappa shape index (κ1) is 46.2. The van der Waals surface area contributed by atoms with E-state index in [0.717, 1.165) is 12.1 Å². The number of hydrogen-bond donors (Lipinski definition) is 6. The highest BCUT2D eigenvalue weighted by molar-refractivity contribution is 5.96. The van der Waals surface area contributed by atoms with Crippen molar-refractivity contribution < 1.29 is 52.2 Å². The van der Waals surface area contributed by atoms with Gasteiger partial charge in [0.05, 0.1) is 17.6 Å². The molecule has 3 aliphatic heterocycles. The van der Waals surface area contributed by atoms with Crippen LogP contribution in [0.25, 0.3) is 0 Å². The van der Waals surface area contributed by atoms with Crippen molar-refractivity contribution >= 4 is 41.5 Å². The number of carbonyl (C=O) groups excluding carboxylic acids is 4. The van der Waals surface area contributed by atoms with Crippen LogP contribution in [0.5, 0.6) is 0 Å². The molecule has 0 unspecified atom stereocenters. The van der Waals surface area contributed by atoms with Crippen molar-refractivity contribution in [1.82, 2.24) is 20.4 Å².